The topological polar surface area (TPSA) is 105 Å². The number of rotatable bonds is 9. The number of alkyl halides is 2. The van der Waals surface area contributed by atoms with Crippen LogP contribution in [0.5, 0.6) is 5.75 Å². The van der Waals surface area contributed by atoms with Gasteiger partial charge in [-0.2, -0.15) is 16.4 Å². The largest absolute Gasteiger partial charge is 0.479 e. The van der Waals surface area contributed by atoms with Gasteiger partial charge in [-0.05, 0) is 43.7 Å². The number of anilines is 3. The zero-order valence-electron chi connectivity index (χ0n) is 17.7. The van der Waals surface area contributed by atoms with E-state index in [0.717, 1.165) is 11.6 Å². The van der Waals surface area contributed by atoms with E-state index in [1.165, 1.54) is 25.4 Å². The summed E-state index contributed by atoms with van der Waals surface area (Å²) >= 11 is 0. The predicted octanol–water partition coefficient (Wildman–Crippen LogP) is 3.69. The number of carbonyl (C=O) groups excluding carboxylic acids is 1. The van der Waals surface area contributed by atoms with Gasteiger partial charge in [0, 0.05) is 17.1 Å². The van der Waals surface area contributed by atoms with Crippen molar-refractivity contribution in [3.8, 4) is 5.75 Å². The highest BCUT2D eigenvalue weighted by molar-refractivity contribution is 7.83. The Balaban J connectivity index is 1.91. The Hall–Kier alpha value is -3.54. The monoisotopic (exact) mass is 480 g/mol. The molecule has 0 spiro atoms. The molecular weight excluding hydrogens is 459 g/mol. The van der Waals surface area contributed by atoms with Crippen LogP contribution in [0, 0.1) is 12.7 Å². The highest BCUT2D eigenvalue weighted by atomic mass is 32.2. The highest BCUT2D eigenvalue weighted by Gasteiger charge is 2.19. The molecule has 3 rings (SSSR count). The number of hydrogen-bond acceptors (Lipinski definition) is 7. The number of carbonyl (C=O) groups is 1. The fraction of sp³-hybridized carbons (Fsp3) is 0.238. The molecule has 1 atom stereocenters. The van der Waals surface area contributed by atoms with Crippen LogP contribution in [0.15, 0.2) is 36.7 Å². The lowest BCUT2D eigenvalue weighted by Gasteiger charge is -2.19. The molecule has 12 heteroatoms. The van der Waals surface area contributed by atoms with E-state index >= 15 is 0 Å². The zero-order chi connectivity index (χ0) is 24.1. The molecule has 1 amide bonds. The minimum Gasteiger partial charge on any atom is -0.479 e. The molecule has 3 N–H and O–H groups in total. The molecule has 0 aliphatic rings. The molecule has 0 saturated carbocycles. The predicted molar refractivity (Wildman–Crippen MR) is 122 cm³/mol. The maximum absolute atomic E-state index is 13.9. The number of aryl methyl sites for hydroxylation is 1. The minimum absolute atomic E-state index is 0.00940. The fourth-order valence-electron chi connectivity index (χ4n) is 3.07. The normalized spacial score (nSPS) is 12.1. The Labute approximate surface area is 189 Å². The molecule has 0 radical (unpaired) electrons. The van der Waals surface area contributed by atoms with E-state index in [-0.39, 0.29) is 5.75 Å². The van der Waals surface area contributed by atoms with Gasteiger partial charge in [-0.1, -0.05) is 0 Å². The van der Waals surface area contributed by atoms with Gasteiger partial charge in [0.05, 0.1) is 17.7 Å². The van der Waals surface area contributed by atoms with E-state index < -0.39 is 41.4 Å². The van der Waals surface area contributed by atoms with Crippen molar-refractivity contribution in [2.24, 2.45) is 0 Å². The van der Waals surface area contributed by atoms with Crippen LogP contribution >= 0.6 is 0 Å². The molecule has 1 unspecified atom stereocenters. The van der Waals surface area contributed by atoms with E-state index in [9.17, 15) is 22.2 Å². The van der Waals surface area contributed by atoms with Crippen LogP contribution in [0.1, 0.15) is 12.5 Å². The van der Waals surface area contributed by atoms with Gasteiger partial charge >= 0.3 is 0 Å². The summed E-state index contributed by atoms with van der Waals surface area (Å²) in [7, 11) is -1.51. The molecule has 1 aromatic heterocycles. The van der Waals surface area contributed by atoms with E-state index in [1.807, 2.05) is 6.92 Å². The van der Waals surface area contributed by atoms with Crippen molar-refractivity contribution in [2.45, 2.75) is 26.4 Å². The van der Waals surface area contributed by atoms with Gasteiger partial charge in [0.2, 0.25) is 0 Å². The molecule has 0 aliphatic heterocycles. The third-order valence-electron chi connectivity index (χ3n) is 4.47. The van der Waals surface area contributed by atoms with Gasteiger partial charge in [-0.25, -0.2) is 23.1 Å². The molecule has 1 heterocycles. The molecule has 0 fully saturated rings. The number of amides is 1. The second kappa shape index (κ2) is 10.4. The highest BCUT2D eigenvalue weighted by Crippen LogP contribution is 2.33. The number of halogens is 3. The van der Waals surface area contributed by atoms with Gasteiger partial charge in [0.1, 0.15) is 23.7 Å². The molecule has 0 bridgehead atoms. The fourth-order valence-corrected chi connectivity index (χ4v) is 3.45. The Morgan fingerprint density at radius 2 is 2.00 bits per heavy atom. The first-order valence-corrected chi connectivity index (χ1v) is 11.0. The molecule has 3 aromatic rings. The standard InChI is InChI=1S/C21H21F3N5O3S/c1-11-6-14(29-33(3)31)8-16-19(11)20(27-10-26-16)28-15-5-4-13(22)7-17(15)32-12(2)21(30)25-9-18(23)24/h4-8,10,12,18H,3,9H2,1-2H3,(H,25,30)(H,29,31)(H,26,27,28)/q-1. The summed E-state index contributed by atoms with van der Waals surface area (Å²) in [5.41, 5.74) is 2.16. The summed E-state index contributed by atoms with van der Waals surface area (Å²) in [5.74, 6) is 2.39. The Kier molecular flexibility index (Phi) is 7.59. The number of hydrogen-bond donors (Lipinski definition) is 3. The van der Waals surface area contributed by atoms with Crippen LogP contribution in [0.2, 0.25) is 0 Å². The van der Waals surface area contributed by atoms with Crippen LogP contribution in [0.4, 0.5) is 30.4 Å². The summed E-state index contributed by atoms with van der Waals surface area (Å²) in [6, 6.07) is 7.09. The number of aromatic nitrogens is 2. The van der Waals surface area contributed by atoms with Crippen molar-refractivity contribution < 1.29 is 26.9 Å². The van der Waals surface area contributed by atoms with E-state index in [0.29, 0.717) is 28.1 Å². The van der Waals surface area contributed by atoms with Crippen LogP contribution in [-0.4, -0.2) is 40.8 Å². The van der Waals surface area contributed by atoms with Gasteiger partial charge < -0.3 is 24.3 Å². The SMILES string of the molecule is C=[S-](=O)Nc1cc(C)c2c(Nc3ccc(F)cc3OC(C)C(=O)NCC(F)F)ncnc2c1. The van der Waals surface area contributed by atoms with Crippen molar-refractivity contribution in [3.05, 3.63) is 48.0 Å². The molecule has 2 aromatic carbocycles. The maximum Gasteiger partial charge on any atom is 0.260 e. The van der Waals surface area contributed by atoms with E-state index in [2.05, 4.69) is 31.2 Å². The lowest BCUT2D eigenvalue weighted by molar-refractivity contribution is -0.127. The van der Waals surface area contributed by atoms with Crippen LogP contribution < -0.4 is 20.1 Å². The molecule has 33 heavy (non-hydrogen) atoms. The summed E-state index contributed by atoms with van der Waals surface area (Å²) in [5, 5.41) is 5.76. The Bertz CT molecular complexity index is 1250. The third-order valence-corrected chi connectivity index (χ3v) is 4.93. The maximum atomic E-state index is 13.9. The second-order valence-corrected chi connectivity index (χ2v) is 7.91. The average molecular weight is 480 g/mol. The number of nitrogens with one attached hydrogen (secondary N) is 3. The van der Waals surface area contributed by atoms with Gasteiger partial charge in [0.25, 0.3) is 12.3 Å². The third kappa shape index (κ3) is 6.25. The van der Waals surface area contributed by atoms with Gasteiger partial charge in [0.15, 0.2) is 6.10 Å². The molecular formula is C21H21F3N5O3S-. The zero-order valence-corrected chi connectivity index (χ0v) is 18.5. The van der Waals surface area contributed by atoms with Crippen molar-refractivity contribution >= 4 is 50.4 Å². The van der Waals surface area contributed by atoms with Crippen molar-refractivity contribution in [1.29, 1.82) is 0 Å². The number of ether oxygens (including phenoxy) is 1. The first-order chi connectivity index (χ1) is 15.6. The van der Waals surface area contributed by atoms with Gasteiger partial charge in [-0.3, -0.25) is 4.79 Å². The summed E-state index contributed by atoms with van der Waals surface area (Å²) in [6.45, 7) is 2.36. The van der Waals surface area contributed by atoms with Gasteiger partial charge in [-0.15, -0.1) is 0 Å². The van der Waals surface area contributed by atoms with Crippen molar-refractivity contribution in [2.75, 3.05) is 16.6 Å². The smallest absolute Gasteiger partial charge is 0.260 e. The molecule has 8 nitrogen and oxygen atoms in total. The Morgan fingerprint density at radius 3 is 2.70 bits per heavy atom. The van der Waals surface area contributed by atoms with E-state index in [4.69, 9.17) is 4.74 Å². The summed E-state index contributed by atoms with van der Waals surface area (Å²) in [4.78, 5) is 20.5. The molecule has 176 valence electrons. The summed E-state index contributed by atoms with van der Waals surface area (Å²) in [6.07, 6.45) is -2.54. The molecule has 0 saturated heterocycles. The molecule has 0 aliphatic carbocycles. The van der Waals surface area contributed by atoms with Crippen LogP contribution in [-0.2, 0) is 19.6 Å². The first-order valence-electron chi connectivity index (χ1n) is 9.66. The first kappa shape index (κ1) is 24.1. The minimum atomic E-state index is -2.70. The lowest BCUT2D eigenvalue weighted by Crippen LogP contribution is -2.38. The second-order valence-electron chi connectivity index (χ2n) is 7.02. The number of benzene rings is 2. The lowest BCUT2D eigenvalue weighted by atomic mass is 10.1. The van der Waals surface area contributed by atoms with Crippen molar-refractivity contribution in [1.82, 2.24) is 15.3 Å². The van der Waals surface area contributed by atoms with Crippen LogP contribution in [0.25, 0.3) is 10.9 Å². The Morgan fingerprint density at radius 1 is 1.24 bits per heavy atom. The summed E-state index contributed by atoms with van der Waals surface area (Å²) < 4.78 is 58.2. The quantitative estimate of drug-likeness (QED) is 0.319. The van der Waals surface area contributed by atoms with E-state index in [1.54, 1.807) is 12.1 Å². The van der Waals surface area contributed by atoms with Crippen molar-refractivity contribution in [3.63, 3.8) is 0 Å². The average Bonchev–Trinajstić information content (AvgIpc) is 2.73. The number of nitrogens with zero attached hydrogens (tertiary/aromatic N) is 2. The number of fused-ring (bicyclic) bond motifs is 1. The van der Waals surface area contributed by atoms with Crippen LogP contribution in [0.3, 0.4) is 0 Å².